The molecule has 0 unspecified atom stereocenters. The zero-order valence-corrected chi connectivity index (χ0v) is 13.0. The van der Waals surface area contributed by atoms with Gasteiger partial charge in [0.15, 0.2) is 11.0 Å². The van der Waals surface area contributed by atoms with E-state index in [-0.39, 0.29) is 0 Å². The Balaban J connectivity index is 2.23. The molecular weight excluding hydrogens is 297 g/mol. The summed E-state index contributed by atoms with van der Waals surface area (Å²) in [6.07, 6.45) is 0. The lowest BCUT2D eigenvalue weighted by molar-refractivity contribution is 0.410. The molecule has 0 fully saturated rings. The van der Waals surface area contributed by atoms with Gasteiger partial charge in [0, 0.05) is 17.1 Å². The first kappa shape index (κ1) is 14.9. The summed E-state index contributed by atoms with van der Waals surface area (Å²) in [6.45, 7) is 4.22. The predicted octanol–water partition coefficient (Wildman–Crippen LogP) is 4.02. The third-order valence-electron chi connectivity index (χ3n) is 2.99. The van der Waals surface area contributed by atoms with Crippen molar-refractivity contribution in [2.24, 2.45) is 0 Å². The van der Waals surface area contributed by atoms with E-state index in [1.807, 2.05) is 32.0 Å². The Bertz CT molecular complexity index is 632. The fourth-order valence-electron chi connectivity index (χ4n) is 1.76. The minimum atomic E-state index is 0.346. The first-order valence-corrected chi connectivity index (χ1v) is 6.84. The number of benzene rings is 1. The van der Waals surface area contributed by atoms with E-state index in [1.165, 1.54) is 0 Å². The molecule has 2 rings (SSSR count). The van der Waals surface area contributed by atoms with E-state index in [0.717, 1.165) is 22.7 Å². The Labute approximate surface area is 128 Å². The minimum Gasteiger partial charge on any atom is -0.496 e. The number of anilines is 1. The summed E-state index contributed by atoms with van der Waals surface area (Å²) in [6, 6.07) is 5.51. The van der Waals surface area contributed by atoms with Gasteiger partial charge in [-0.1, -0.05) is 29.3 Å². The summed E-state index contributed by atoms with van der Waals surface area (Å²) >= 11 is 12.3. The zero-order valence-electron chi connectivity index (χ0n) is 11.5. The number of ether oxygens (including phenoxy) is 1. The van der Waals surface area contributed by atoms with Crippen molar-refractivity contribution in [3.05, 3.63) is 45.3 Å². The summed E-state index contributed by atoms with van der Waals surface area (Å²) in [5.41, 5.74) is 2.51. The lowest BCUT2D eigenvalue weighted by Gasteiger charge is -2.13. The standard InChI is InChI=1S/C14H15Cl2N3O/c1-8-9(2)19-14(13(16)18-8)17-7-10-11(15)5-4-6-12(10)20-3/h4-6H,7H2,1-3H3,(H,17,19). The SMILES string of the molecule is COc1cccc(Cl)c1CNc1nc(C)c(C)nc1Cl. The van der Waals surface area contributed by atoms with Crippen molar-refractivity contribution in [1.29, 1.82) is 0 Å². The van der Waals surface area contributed by atoms with Gasteiger partial charge < -0.3 is 10.1 Å². The third-order valence-corrected chi connectivity index (χ3v) is 3.61. The molecule has 0 aliphatic rings. The van der Waals surface area contributed by atoms with Crippen LogP contribution in [0.5, 0.6) is 5.75 Å². The maximum atomic E-state index is 6.18. The van der Waals surface area contributed by atoms with E-state index < -0.39 is 0 Å². The second-order valence-electron chi connectivity index (χ2n) is 4.31. The van der Waals surface area contributed by atoms with Crippen molar-refractivity contribution in [1.82, 2.24) is 9.97 Å². The summed E-state index contributed by atoms with van der Waals surface area (Å²) in [7, 11) is 1.61. The maximum Gasteiger partial charge on any atom is 0.171 e. The van der Waals surface area contributed by atoms with Crippen LogP contribution in [-0.4, -0.2) is 17.1 Å². The van der Waals surface area contributed by atoms with Gasteiger partial charge in [-0.2, -0.15) is 0 Å². The fourth-order valence-corrected chi connectivity index (χ4v) is 2.23. The normalized spacial score (nSPS) is 10.4. The quantitative estimate of drug-likeness (QED) is 0.926. The average molecular weight is 312 g/mol. The van der Waals surface area contributed by atoms with Gasteiger partial charge >= 0.3 is 0 Å². The summed E-state index contributed by atoms with van der Waals surface area (Å²) in [4.78, 5) is 8.61. The van der Waals surface area contributed by atoms with Crippen molar-refractivity contribution in [3.8, 4) is 5.75 Å². The van der Waals surface area contributed by atoms with Gasteiger partial charge in [-0.05, 0) is 26.0 Å². The highest BCUT2D eigenvalue weighted by atomic mass is 35.5. The Morgan fingerprint density at radius 2 is 1.85 bits per heavy atom. The first-order valence-electron chi connectivity index (χ1n) is 6.09. The molecule has 6 heteroatoms. The van der Waals surface area contributed by atoms with Crippen LogP contribution in [0.1, 0.15) is 17.0 Å². The van der Waals surface area contributed by atoms with Gasteiger partial charge in [0.2, 0.25) is 0 Å². The molecule has 20 heavy (non-hydrogen) atoms. The Morgan fingerprint density at radius 3 is 2.55 bits per heavy atom. The van der Waals surface area contributed by atoms with Gasteiger partial charge in [-0.25, -0.2) is 9.97 Å². The summed E-state index contributed by atoms with van der Waals surface area (Å²) in [5, 5.41) is 4.12. The molecule has 106 valence electrons. The fraction of sp³-hybridized carbons (Fsp3) is 0.286. The number of aromatic nitrogens is 2. The molecule has 0 saturated heterocycles. The lowest BCUT2D eigenvalue weighted by atomic mass is 10.2. The van der Waals surface area contributed by atoms with Crippen LogP contribution in [0.3, 0.4) is 0 Å². The van der Waals surface area contributed by atoms with Crippen LogP contribution in [0.15, 0.2) is 18.2 Å². The number of nitrogens with one attached hydrogen (secondary N) is 1. The monoisotopic (exact) mass is 311 g/mol. The van der Waals surface area contributed by atoms with Crippen molar-refractivity contribution in [2.45, 2.75) is 20.4 Å². The van der Waals surface area contributed by atoms with E-state index in [0.29, 0.717) is 22.5 Å². The Morgan fingerprint density at radius 1 is 1.15 bits per heavy atom. The summed E-state index contributed by atoms with van der Waals surface area (Å²) in [5.74, 6) is 1.26. The minimum absolute atomic E-state index is 0.346. The molecule has 0 amide bonds. The second kappa shape index (κ2) is 6.29. The predicted molar refractivity (Wildman–Crippen MR) is 81.8 cm³/mol. The van der Waals surface area contributed by atoms with Crippen LogP contribution in [0.25, 0.3) is 0 Å². The van der Waals surface area contributed by atoms with Crippen LogP contribution in [0.4, 0.5) is 5.82 Å². The number of hydrogen-bond donors (Lipinski definition) is 1. The van der Waals surface area contributed by atoms with Crippen molar-refractivity contribution in [2.75, 3.05) is 12.4 Å². The van der Waals surface area contributed by atoms with Crippen LogP contribution < -0.4 is 10.1 Å². The van der Waals surface area contributed by atoms with Gasteiger partial charge in [-0.15, -0.1) is 0 Å². The van der Waals surface area contributed by atoms with Crippen LogP contribution in [0, 0.1) is 13.8 Å². The molecule has 1 N–H and O–H groups in total. The highest BCUT2D eigenvalue weighted by molar-refractivity contribution is 6.32. The molecule has 0 spiro atoms. The molecule has 0 bridgehead atoms. The largest absolute Gasteiger partial charge is 0.496 e. The highest BCUT2D eigenvalue weighted by Gasteiger charge is 2.10. The van der Waals surface area contributed by atoms with Crippen molar-refractivity contribution < 1.29 is 4.74 Å². The van der Waals surface area contributed by atoms with Crippen molar-refractivity contribution >= 4 is 29.0 Å². The van der Waals surface area contributed by atoms with Gasteiger partial charge in [0.1, 0.15) is 5.75 Å². The number of rotatable bonds is 4. The van der Waals surface area contributed by atoms with E-state index in [9.17, 15) is 0 Å². The van der Waals surface area contributed by atoms with E-state index in [4.69, 9.17) is 27.9 Å². The first-order chi connectivity index (χ1) is 9.52. The maximum absolute atomic E-state index is 6.18. The van der Waals surface area contributed by atoms with Gasteiger partial charge in [0.25, 0.3) is 0 Å². The van der Waals surface area contributed by atoms with E-state index >= 15 is 0 Å². The molecule has 0 radical (unpaired) electrons. The molecule has 0 aliphatic heterocycles. The number of aryl methyl sites for hydroxylation is 2. The molecule has 1 aromatic carbocycles. The molecule has 1 heterocycles. The Kier molecular flexibility index (Phi) is 4.68. The number of halogens is 2. The van der Waals surface area contributed by atoms with Crippen LogP contribution in [-0.2, 0) is 6.54 Å². The lowest BCUT2D eigenvalue weighted by Crippen LogP contribution is -2.07. The topological polar surface area (TPSA) is 47.0 Å². The molecule has 2 aromatic rings. The number of methoxy groups -OCH3 is 1. The molecule has 1 aromatic heterocycles. The number of hydrogen-bond acceptors (Lipinski definition) is 4. The molecule has 0 aliphatic carbocycles. The van der Waals surface area contributed by atoms with Gasteiger partial charge in [-0.3, -0.25) is 0 Å². The molecule has 0 atom stereocenters. The molecule has 4 nitrogen and oxygen atoms in total. The highest BCUT2D eigenvalue weighted by Crippen LogP contribution is 2.28. The second-order valence-corrected chi connectivity index (χ2v) is 5.07. The van der Waals surface area contributed by atoms with Crippen LogP contribution >= 0.6 is 23.2 Å². The van der Waals surface area contributed by atoms with E-state index in [1.54, 1.807) is 7.11 Å². The number of nitrogens with zero attached hydrogens (tertiary/aromatic N) is 2. The molecule has 0 saturated carbocycles. The smallest absolute Gasteiger partial charge is 0.171 e. The van der Waals surface area contributed by atoms with Gasteiger partial charge in [0.05, 0.1) is 18.5 Å². The molecular formula is C14H15Cl2N3O. The van der Waals surface area contributed by atoms with E-state index in [2.05, 4.69) is 15.3 Å². The average Bonchev–Trinajstić information content (AvgIpc) is 2.42. The zero-order chi connectivity index (χ0) is 14.7. The van der Waals surface area contributed by atoms with Crippen LogP contribution in [0.2, 0.25) is 10.2 Å². The Hall–Kier alpha value is -1.52. The van der Waals surface area contributed by atoms with Crippen molar-refractivity contribution in [3.63, 3.8) is 0 Å². The third kappa shape index (κ3) is 3.14. The summed E-state index contributed by atoms with van der Waals surface area (Å²) < 4.78 is 5.29.